The Kier molecular flexibility index (Phi) is 15.4. The Balaban J connectivity index is 0.000000157. The van der Waals surface area contributed by atoms with Crippen LogP contribution in [0.4, 0.5) is 0 Å². The molecule has 0 atom stereocenters. The van der Waals surface area contributed by atoms with Crippen molar-refractivity contribution in [1.29, 1.82) is 10.5 Å². The Labute approximate surface area is 521 Å². The van der Waals surface area contributed by atoms with Crippen molar-refractivity contribution in [3.05, 3.63) is 327 Å². The summed E-state index contributed by atoms with van der Waals surface area (Å²) in [5, 5.41) is 20.9. The van der Waals surface area contributed by atoms with Gasteiger partial charge in [-0.2, -0.15) is 10.5 Å². The summed E-state index contributed by atoms with van der Waals surface area (Å²) in [4.78, 5) is 30.4. The molecular formula is C82H52N8. The fourth-order valence-corrected chi connectivity index (χ4v) is 11.5. The summed E-state index contributed by atoms with van der Waals surface area (Å²) >= 11 is 0. The van der Waals surface area contributed by atoms with Gasteiger partial charge in [0.2, 0.25) is 0 Å². The molecule has 0 N–H and O–H groups in total. The van der Waals surface area contributed by atoms with E-state index in [1.807, 2.05) is 146 Å². The Morgan fingerprint density at radius 3 is 0.978 bits per heavy atom. The van der Waals surface area contributed by atoms with Crippen LogP contribution in [0, 0.1) is 22.7 Å². The maximum atomic E-state index is 9.38. The van der Waals surface area contributed by atoms with E-state index in [1.54, 1.807) is 0 Å². The molecule has 15 aromatic rings. The van der Waals surface area contributed by atoms with Gasteiger partial charge in [0, 0.05) is 67.7 Å². The zero-order valence-electron chi connectivity index (χ0n) is 48.6. The smallest absolute Gasteiger partial charge is 0.160 e. The average molecular weight is 1150 g/mol. The molecule has 0 aliphatic rings. The van der Waals surface area contributed by atoms with Crippen LogP contribution in [0.2, 0.25) is 0 Å². The number of rotatable bonds is 11. The highest BCUT2D eigenvalue weighted by Crippen LogP contribution is 2.43. The second-order valence-electron chi connectivity index (χ2n) is 21.6. The lowest BCUT2D eigenvalue weighted by Crippen LogP contribution is -2.01. The molecule has 0 aliphatic heterocycles. The molecule has 420 valence electrons. The zero-order valence-corrected chi connectivity index (χ0v) is 48.6. The second kappa shape index (κ2) is 25.1. The molecule has 15 rings (SSSR count). The molecule has 0 spiro atoms. The van der Waals surface area contributed by atoms with Crippen LogP contribution in [0.1, 0.15) is 11.1 Å². The van der Waals surface area contributed by atoms with Gasteiger partial charge in [0.05, 0.1) is 57.1 Å². The van der Waals surface area contributed by atoms with E-state index in [9.17, 15) is 10.5 Å². The van der Waals surface area contributed by atoms with Crippen molar-refractivity contribution in [1.82, 2.24) is 29.9 Å². The lowest BCUT2D eigenvalue weighted by Gasteiger charge is -2.18. The van der Waals surface area contributed by atoms with Crippen LogP contribution in [-0.4, -0.2) is 29.9 Å². The summed E-state index contributed by atoms with van der Waals surface area (Å²) < 4.78 is 0. The van der Waals surface area contributed by atoms with E-state index in [-0.39, 0.29) is 0 Å². The quantitative estimate of drug-likeness (QED) is 0.117. The minimum Gasteiger partial charge on any atom is -0.254 e. The van der Waals surface area contributed by atoms with Gasteiger partial charge in [-0.1, -0.05) is 243 Å². The van der Waals surface area contributed by atoms with Crippen molar-refractivity contribution in [2.75, 3.05) is 0 Å². The van der Waals surface area contributed by atoms with Crippen LogP contribution in [0.25, 0.3) is 145 Å². The number of fused-ring (bicyclic) bond motifs is 3. The van der Waals surface area contributed by atoms with E-state index in [1.165, 1.54) is 0 Å². The van der Waals surface area contributed by atoms with Crippen LogP contribution < -0.4 is 0 Å². The molecule has 4 aromatic heterocycles. The van der Waals surface area contributed by atoms with Crippen LogP contribution in [0.3, 0.4) is 0 Å². The number of nitriles is 2. The first-order valence-corrected chi connectivity index (χ1v) is 29.6. The molecule has 8 heteroatoms. The van der Waals surface area contributed by atoms with Gasteiger partial charge >= 0.3 is 0 Å². The minimum atomic E-state index is 0.600. The van der Waals surface area contributed by atoms with Crippen LogP contribution >= 0.6 is 0 Å². The number of benzene rings is 11. The van der Waals surface area contributed by atoms with E-state index in [0.29, 0.717) is 22.8 Å². The summed E-state index contributed by atoms with van der Waals surface area (Å²) in [6.07, 6.45) is 3.65. The van der Waals surface area contributed by atoms with Gasteiger partial charge in [0.1, 0.15) is 0 Å². The normalized spacial score (nSPS) is 10.9. The van der Waals surface area contributed by atoms with Crippen molar-refractivity contribution in [3.8, 4) is 136 Å². The standard InChI is InChI=1S/C42H26N4.C40H26N4/c43-27-29-16-20-31(21-17-29)36-24-37(32-22-18-30(28-44)19-23-32)26-38(25-36)42-45-40(34-12-6-2-7-13-34)39(33-10-4-1-5-11-33)41(46-42)35-14-8-3-9-15-35;1-4-12-28(13-5-1)35-36(29-14-6-2-7-15-29)43-40(44-37(35)30-16-8-3-9-17-30)31-22-20-27(21-23-31)34-26-32-18-10-24-41-38(32)39-33(34)19-11-25-42-39/h1-26H;1-26H. The monoisotopic (exact) mass is 1150 g/mol. The first-order chi connectivity index (χ1) is 44.5. The fourth-order valence-electron chi connectivity index (χ4n) is 11.5. The topological polar surface area (TPSA) is 125 Å². The molecule has 0 bridgehead atoms. The summed E-state index contributed by atoms with van der Waals surface area (Å²) in [6, 6.07) is 107. The predicted molar refractivity (Wildman–Crippen MR) is 364 cm³/mol. The first-order valence-electron chi connectivity index (χ1n) is 29.6. The van der Waals surface area contributed by atoms with Crippen molar-refractivity contribution in [3.63, 3.8) is 0 Å². The summed E-state index contributed by atoms with van der Waals surface area (Å²) in [5.74, 6) is 1.28. The Hall–Kier alpha value is -12.6. The fraction of sp³-hybridized carbons (Fsp3) is 0. The van der Waals surface area contributed by atoms with Crippen molar-refractivity contribution in [2.45, 2.75) is 0 Å². The molecule has 90 heavy (non-hydrogen) atoms. The van der Waals surface area contributed by atoms with E-state index < -0.39 is 0 Å². The van der Waals surface area contributed by atoms with Gasteiger partial charge < -0.3 is 0 Å². The van der Waals surface area contributed by atoms with Crippen LogP contribution in [0.15, 0.2) is 316 Å². The summed E-state index contributed by atoms with van der Waals surface area (Å²) in [6.45, 7) is 0. The van der Waals surface area contributed by atoms with E-state index in [4.69, 9.17) is 19.9 Å². The molecular weight excluding hydrogens is 1100 g/mol. The Morgan fingerprint density at radius 2 is 0.578 bits per heavy atom. The maximum absolute atomic E-state index is 9.38. The van der Waals surface area contributed by atoms with Gasteiger partial charge in [0.15, 0.2) is 11.6 Å². The Bertz CT molecular complexity index is 4930. The second-order valence-corrected chi connectivity index (χ2v) is 21.6. The third kappa shape index (κ3) is 11.4. The van der Waals surface area contributed by atoms with Gasteiger partial charge in [-0.05, 0) is 105 Å². The molecule has 0 aliphatic carbocycles. The molecule has 4 heterocycles. The average Bonchev–Trinajstić information content (AvgIpc) is 1.21. The van der Waals surface area contributed by atoms with Gasteiger partial charge in [-0.3, -0.25) is 9.97 Å². The molecule has 0 amide bonds. The summed E-state index contributed by atoms with van der Waals surface area (Å²) in [7, 11) is 0. The van der Waals surface area contributed by atoms with Gasteiger partial charge in [-0.25, -0.2) is 19.9 Å². The Morgan fingerprint density at radius 1 is 0.244 bits per heavy atom. The highest BCUT2D eigenvalue weighted by Gasteiger charge is 2.23. The molecule has 0 radical (unpaired) electrons. The van der Waals surface area contributed by atoms with Gasteiger partial charge in [0.25, 0.3) is 0 Å². The molecule has 0 unspecified atom stereocenters. The van der Waals surface area contributed by atoms with E-state index in [2.05, 4.69) is 192 Å². The molecule has 0 fully saturated rings. The van der Waals surface area contributed by atoms with Crippen molar-refractivity contribution >= 4 is 21.8 Å². The molecule has 0 saturated heterocycles. The van der Waals surface area contributed by atoms with E-state index >= 15 is 0 Å². The zero-order chi connectivity index (χ0) is 60.6. The predicted octanol–water partition coefficient (Wildman–Crippen LogP) is 20.1. The third-order valence-electron chi connectivity index (χ3n) is 15.9. The molecule has 11 aromatic carbocycles. The highest BCUT2D eigenvalue weighted by molar-refractivity contribution is 6.10. The highest BCUT2D eigenvalue weighted by atomic mass is 14.9. The number of pyridine rings is 2. The lowest BCUT2D eigenvalue weighted by molar-refractivity contribution is 1.18. The number of nitrogens with zero attached hydrogens (tertiary/aromatic N) is 8. The number of aromatic nitrogens is 6. The molecule has 8 nitrogen and oxygen atoms in total. The lowest BCUT2D eigenvalue weighted by atomic mass is 9.93. The van der Waals surface area contributed by atoms with Crippen LogP contribution in [0.5, 0.6) is 0 Å². The van der Waals surface area contributed by atoms with Gasteiger partial charge in [-0.15, -0.1) is 0 Å². The van der Waals surface area contributed by atoms with Crippen LogP contribution in [-0.2, 0) is 0 Å². The largest absolute Gasteiger partial charge is 0.254 e. The third-order valence-corrected chi connectivity index (χ3v) is 15.9. The maximum Gasteiger partial charge on any atom is 0.160 e. The SMILES string of the molecule is N#Cc1ccc(-c2cc(-c3ccc(C#N)cc3)cc(-c3nc(-c4ccccc4)c(-c4ccccc4)c(-c4ccccc4)n3)c2)cc1.c1ccc(-c2nc(-c3ccc(-c4cc5cccnc5c5ncccc45)cc3)nc(-c3ccccc3)c2-c2ccccc2)cc1. The molecule has 0 saturated carbocycles. The first kappa shape index (κ1) is 55.3. The van der Waals surface area contributed by atoms with Crippen molar-refractivity contribution < 1.29 is 0 Å². The van der Waals surface area contributed by atoms with Crippen molar-refractivity contribution in [2.24, 2.45) is 0 Å². The summed E-state index contributed by atoms with van der Waals surface area (Å²) in [5.41, 5.74) is 22.7. The number of hydrogen-bond acceptors (Lipinski definition) is 8. The number of hydrogen-bond donors (Lipinski definition) is 0. The van der Waals surface area contributed by atoms with E-state index in [0.717, 1.165) is 134 Å². The minimum absolute atomic E-state index is 0.600.